The number of rotatable bonds is 7. The molecule has 0 aromatic heterocycles. The summed E-state index contributed by atoms with van der Waals surface area (Å²) in [6.45, 7) is 6.63. The summed E-state index contributed by atoms with van der Waals surface area (Å²) in [6.07, 6.45) is 4.72. The molecule has 0 fully saturated rings. The Morgan fingerprint density at radius 3 is 2.61 bits per heavy atom. The van der Waals surface area contributed by atoms with Gasteiger partial charge in [-0.25, -0.2) is 0 Å². The molecule has 1 N–H and O–H groups in total. The second-order valence-electron chi connectivity index (χ2n) is 5.10. The van der Waals surface area contributed by atoms with Gasteiger partial charge in [0.2, 0.25) is 0 Å². The van der Waals surface area contributed by atoms with Gasteiger partial charge in [-0.3, -0.25) is 0 Å². The Hall–Kier alpha value is -0.0500. The smallest absolute Gasteiger partial charge is 0.0449 e. The highest BCUT2D eigenvalue weighted by Crippen LogP contribution is 2.23. The standard InChI is InChI=1S/C15H23BrClN/c1-4-5-6-14(18-11(2)3)9-12-7-8-13(16)10-15(12)17/h7-8,10-11,14,18H,4-6,9H2,1-3H3. The lowest BCUT2D eigenvalue weighted by molar-refractivity contribution is 0.425. The van der Waals surface area contributed by atoms with Crippen molar-refractivity contribution in [2.45, 2.75) is 58.5 Å². The lowest BCUT2D eigenvalue weighted by Crippen LogP contribution is -2.36. The number of benzene rings is 1. The average molecular weight is 333 g/mol. The lowest BCUT2D eigenvalue weighted by Gasteiger charge is -2.22. The molecule has 0 aliphatic heterocycles. The van der Waals surface area contributed by atoms with E-state index in [1.165, 1.54) is 24.8 Å². The highest BCUT2D eigenvalue weighted by Gasteiger charge is 2.12. The van der Waals surface area contributed by atoms with Gasteiger partial charge in [0.1, 0.15) is 0 Å². The van der Waals surface area contributed by atoms with Crippen molar-refractivity contribution in [2.75, 3.05) is 0 Å². The maximum absolute atomic E-state index is 6.29. The Balaban J connectivity index is 2.68. The van der Waals surface area contributed by atoms with E-state index in [1.807, 2.05) is 6.07 Å². The quantitative estimate of drug-likeness (QED) is 0.723. The summed E-state index contributed by atoms with van der Waals surface area (Å²) >= 11 is 9.73. The van der Waals surface area contributed by atoms with Crippen LogP contribution in [0.1, 0.15) is 45.6 Å². The molecule has 0 aliphatic carbocycles. The third-order valence-electron chi connectivity index (χ3n) is 2.96. The SMILES string of the molecule is CCCCC(Cc1ccc(Br)cc1Cl)NC(C)C. The van der Waals surface area contributed by atoms with Crippen molar-refractivity contribution in [3.05, 3.63) is 33.3 Å². The number of unbranched alkanes of at least 4 members (excludes halogenated alkanes) is 1. The number of hydrogen-bond acceptors (Lipinski definition) is 1. The first-order chi connectivity index (χ1) is 8.52. The largest absolute Gasteiger partial charge is 0.311 e. The van der Waals surface area contributed by atoms with Crippen LogP contribution in [0, 0.1) is 0 Å². The van der Waals surface area contributed by atoms with Crippen LogP contribution in [0.15, 0.2) is 22.7 Å². The molecule has 1 nitrogen and oxygen atoms in total. The van der Waals surface area contributed by atoms with Crippen molar-refractivity contribution in [1.82, 2.24) is 5.32 Å². The second-order valence-corrected chi connectivity index (χ2v) is 6.42. The third kappa shape index (κ3) is 5.73. The van der Waals surface area contributed by atoms with Gasteiger partial charge in [0.25, 0.3) is 0 Å². The predicted molar refractivity (Wildman–Crippen MR) is 84.4 cm³/mol. The van der Waals surface area contributed by atoms with E-state index in [1.54, 1.807) is 0 Å². The molecule has 0 bridgehead atoms. The van der Waals surface area contributed by atoms with Crippen molar-refractivity contribution in [3.63, 3.8) is 0 Å². The van der Waals surface area contributed by atoms with Crippen molar-refractivity contribution >= 4 is 27.5 Å². The fourth-order valence-corrected chi connectivity index (χ4v) is 2.87. The fourth-order valence-electron chi connectivity index (χ4n) is 2.12. The van der Waals surface area contributed by atoms with Crippen LogP contribution in [0.3, 0.4) is 0 Å². The molecule has 0 saturated carbocycles. The molecule has 102 valence electrons. The van der Waals surface area contributed by atoms with Gasteiger partial charge in [0, 0.05) is 21.6 Å². The van der Waals surface area contributed by atoms with E-state index >= 15 is 0 Å². The van der Waals surface area contributed by atoms with Crippen LogP contribution in [-0.2, 0) is 6.42 Å². The van der Waals surface area contributed by atoms with Gasteiger partial charge in [-0.2, -0.15) is 0 Å². The Morgan fingerprint density at radius 2 is 2.06 bits per heavy atom. The molecular formula is C15H23BrClN. The zero-order valence-corrected chi connectivity index (χ0v) is 13.8. The summed E-state index contributed by atoms with van der Waals surface area (Å²) < 4.78 is 1.04. The molecule has 0 heterocycles. The molecule has 1 atom stereocenters. The number of hydrogen-bond donors (Lipinski definition) is 1. The topological polar surface area (TPSA) is 12.0 Å². The molecule has 1 rings (SSSR count). The van der Waals surface area contributed by atoms with Crippen LogP contribution >= 0.6 is 27.5 Å². The first-order valence-corrected chi connectivity index (χ1v) is 7.90. The normalized spacial score (nSPS) is 13.0. The maximum Gasteiger partial charge on any atom is 0.0449 e. The van der Waals surface area contributed by atoms with Crippen LogP contribution in [0.5, 0.6) is 0 Å². The van der Waals surface area contributed by atoms with E-state index in [4.69, 9.17) is 11.6 Å². The van der Waals surface area contributed by atoms with Gasteiger partial charge in [-0.1, -0.05) is 67.2 Å². The van der Waals surface area contributed by atoms with Gasteiger partial charge in [-0.15, -0.1) is 0 Å². The van der Waals surface area contributed by atoms with Crippen LogP contribution in [0.4, 0.5) is 0 Å². The minimum atomic E-state index is 0.515. The third-order valence-corrected chi connectivity index (χ3v) is 3.80. The van der Waals surface area contributed by atoms with Crippen molar-refractivity contribution < 1.29 is 0 Å². The molecule has 18 heavy (non-hydrogen) atoms. The molecule has 0 saturated heterocycles. The first kappa shape index (κ1) is 16.0. The summed E-state index contributed by atoms with van der Waals surface area (Å²) in [5.41, 5.74) is 1.23. The fraction of sp³-hybridized carbons (Fsp3) is 0.600. The number of nitrogens with one attached hydrogen (secondary N) is 1. The zero-order chi connectivity index (χ0) is 13.5. The molecular weight excluding hydrogens is 310 g/mol. The maximum atomic E-state index is 6.29. The Bertz CT molecular complexity index is 366. The second kappa shape index (κ2) is 8.19. The van der Waals surface area contributed by atoms with E-state index in [2.05, 4.69) is 54.2 Å². The highest BCUT2D eigenvalue weighted by molar-refractivity contribution is 9.10. The minimum Gasteiger partial charge on any atom is -0.311 e. The molecule has 0 radical (unpaired) electrons. The van der Waals surface area contributed by atoms with Gasteiger partial charge >= 0.3 is 0 Å². The molecule has 0 amide bonds. The molecule has 3 heteroatoms. The van der Waals surface area contributed by atoms with Gasteiger partial charge in [-0.05, 0) is 30.5 Å². The van der Waals surface area contributed by atoms with E-state index in [0.717, 1.165) is 15.9 Å². The van der Waals surface area contributed by atoms with E-state index in [-0.39, 0.29) is 0 Å². The van der Waals surface area contributed by atoms with Gasteiger partial charge in [0.05, 0.1) is 0 Å². The van der Waals surface area contributed by atoms with Crippen LogP contribution in [-0.4, -0.2) is 12.1 Å². The van der Waals surface area contributed by atoms with Crippen LogP contribution in [0.2, 0.25) is 5.02 Å². The average Bonchev–Trinajstić information content (AvgIpc) is 2.29. The van der Waals surface area contributed by atoms with E-state index in [0.29, 0.717) is 12.1 Å². The van der Waals surface area contributed by atoms with Crippen LogP contribution < -0.4 is 5.32 Å². The summed E-state index contributed by atoms with van der Waals surface area (Å²) in [5.74, 6) is 0. The van der Waals surface area contributed by atoms with E-state index in [9.17, 15) is 0 Å². The van der Waals surface area contributed by atoms with E-state index < -0.39 is 0 Å². The molecule has 0 aliphatic rings. The van der Waals surface area contributed by atoms with Gasteiger partial charge < -0.3 is 5.32 Å². The first-order valence-electron chi connectivity index (χ1n) is 6.73. The monoisotopic (exact) mass is 331 g/mol. The van der Waals surface area contributed by atoms with Crippen molar-refractivity contribution in [3.8, 4) is 0 Å². The summed E-state index contributed by atoms with van der Waals surface area (Å²) in [7, 11) is 0. The lowest BCUT2D eigenvalue weighted by atomic mass is 10.0. The Kier molecular flexibility index (Phi) is 7.28. The van der Waals surface area contributed by atoms with Gasteiger partial charge in [0.15, 0.2) is 0 Å². The molecule has 1 aromatic rings. The Morgan fingerprint density at radius 1 is 1.33 bits per heavy atom. The molecule has 1 unspecified atom stereocenters. The highest BCUT2D eigenvalue weighted by atomic mass is 79.9. The summed E-state index contributed by atoms with van der Waals surface area (Å²) in [4.78, 5) is 0. The summed E-state index contributed by atoms with van der Waals surface area (Å²) in [5, 5.41) is 4.49. The van der Waals surface area contributed by atoms with Crippen molar-refractivity contribution in [2.24, 2.45) is 0 Å². The minimum absolute atomic E-state index is 0.515. The Labute approximate surface area is 124 Å². The molecule has 1 aromatic carbocycles. The number of halogens is 2. The predicted octanol–water partition coefficient (Wildman–Crippen LogP) is 5.20. The molecule has 0 spiro atoms. The zero-order valence-electron chi connectivity index (χ0n) is 11.5. The van der Waals surface area contributed by atoms with Crippen molar-refractivity contribution in [1.29, 1.82) is 0 Å². The summed E-state index contributed by atoms with van der Waals surface area (Å²) in [6, 6.07) is 7.19. The van der Waals surface area contributed by atoms with Crippen LogP contribution in [0.25, 0.3) is 0 Å².